The Labute approximate surface area is 171 Å². The summed E-state index contributed by atoms with van der Waals surface area (Å²) in [4.78, 5) is 23.4. The van der Waals surface area contributed by atoms with Crippen molar-refractivity contribution >= 4 is 17.7 Å². The summed E-state index contributed by atoms with van der Waals surface area (Å²) in [5.74, 6) is -2.99. The molecule has 3 aromatic rings. The zero-order valence-electron chi connectivity index (χ0n) is 16.0. The molecule has 1 amide bonds. The number of ether oxygens (including phenoxy) is 2. The summed E-state index contributed by atoms with van der Waals surface area (Å²) in [7, 11) is 1.19. The van der Waals surface area contributed by atoms with Gasteiger partial charge in [0.25, 0.3) is 0 Å². The topological polar surface area (TPSA) is 84.9 Å². The molecule has 7 heteroatoms. The Hall–Kier alpha value is -3.87. The fourth-order valence-electron chi connectivity index (χ4n) is 3.76. The van der Waals surface area contributed by atoms with Gasteiger partial charge in [-0.15, -0.1) is 0 Å². The van der Waals surface area contributed by atoms with Gasteiger partial charge in [0, 0.05) is 5.92 Å². The summed E-state index contributed by atoms with van der Waals surface area (Å²) in [6.45, 7) is 0.0951. The van der Waals surface area contributed by atoms with E-state index >= 15 is 0 Å². The first-order valence-electron chi connectivity index (χ1n) is 9.23. The monoisotopic (exact) mass is 407 g/mol. The number of halogens is 1. The Morgan fingerprint density at radius 2 is 1.60 bits per heavy atom. The number of fused-ring (bicyclic) bond motifs is 3. The van der Waals surface area contributed by atoms with Gasteiger partial charge in [-0.2, -0.15) is 0 Å². The standard InChI is InChI=1S/C23H18FNO5/c1-29-21-19(11-10-17(20(21)24)22(26)27)25-23(28)30-12-18-15-8-4-2-6-13(15)14-7-3-5-9-16(14)18/h2-11,18H,12H2,1H3,(H,25,28)(H,26,27). The SMILES string of the molecule is COc1c(NC(=O)OCC2c3ccccc3-c3ccccc32)ccc(C(=O)O)c1F. The van der Waals surface area contributed by atoms with E-state index in [4.69, 9.17) is 14.6 Å². The van der Waals surface area contributed by atoms with E-state index in [1.54, 1.807) is 0 Å². The van der Waals surface area contributed by atoms with Crippen LogP contribution in [0.1, 0.15) is 27.4 Å². The quantitative estimate of drug-likeness (QED) is 0.629. The van der Waals surface area contributed by atoms with Crippen LogP contribution in [0.25, 0.3) is 11.1 Å². The smallest absolute Gasteiger partial charge is 0.411 e. The molecule has 0 saturated carbocycles. The minimum Gasteiger partial charge on any atom is -0.492 e. The van der Waals surface area contributed by atoms with Crippen LogP contribution in [-0.2, 0) is 4.74 Å². The molecule has 0 heterocycles. The van der Waals surface area contributed by atoms with E-state index in [0.717, 1.165) is 28.3 Å². The molecule has 3 aromatic carbocycles. The van der Waals surface area contributed by atoms with Crippen molar-refractivity contribution in [3.8, 4) is 16.9 Å². The number of carbonyl (C=O) groups excluding carboxylic acids is 1. The van der Waals surface area contributed by atoms with Gasteiger partial charge >= 0.3 is 12.1 Å². The van der Waals surface area contributed by atoms with Gasteiger partial charge in [-0.05, 0) is 34.4 Å². The average molecular weight is 407 g/mol. The largest absolute Gasteiger partial charge is 0.492 e. The van der Waals surface area contributed by atoms with Crippen LogP contribution in [0.3, 0.4) is 0 Å². The van der Waals surface area contributed by atoms with Crippen LogP contribution in [0.4, 0.5) is 14.9 Å². The van der Waals surface area contributed by atoms with Crippen LogP contribution in [0.2, 0.25) is 0 Å². The Morgan fingerprint density at radius 3 is 2.17 bits per heavy atom. The number of methoxy groups -OCH3 is 1. The second-order valence-electron chi connectivity index (χ2n) is 6.76. The molecular weight excluding hydrogens is 389 g/mol. The summed E-state index contributed by atoms with van der Waals surface area (Å²) >= 11 is 0. The number of carboxylic acid groups (broad SMARTS) is 1. The molecule has 0 aromatic heterocycles. The molecule has 0 aliphatic heterocycles. The molecule has 30 heavy (non-hydrogen) atoms. The predicted octanol–water partition coefficient (Wildman–Crippen LogP) is 4.89. The number of nitrogens with one attached hydrogen (secondary N) is 1. The lowest BCUT2D eigenvalue weighted by atomic mass is 9.98. The van der Waals surface area contributed by atoms with E-state index in [0.29, 0.717) is 0 Å². The van der Waals surface area contributed by atoms with E-state index < -0.39 is 23.4 Å². The van der Waals surface area contributed by atoms with Gasteiger partial charge in [0.15, 0.2) is 11.6 Å². The molecule has 1 aliphatic carbocycles. The zero-order valence-corrected chi connectivity index (χ0v) is 16.0. The lowest BCUT2D eigenvalue weighted by Crippen LogP contribution is -2.18. The lowest BCUT2D eigenvalue weighted by molar-refractivity contribution is 0.0691. The van der Waals surface area contributed by atoms with Crippen LogP contribution in [0, 0.1) is 5.82 Å². The maximum atomic E-state index is 14.3. The molecular formula is C23H18FNO5. The molecule has 0 radical (unpaired) electrons. The molecule has 0 spiro atoms. The minimum atomic E-state index is -1.43. The molecule has 6 nitrogen and oxygen atoms in total. The van der Waals surface area contributed by atoms with Gasteiger partial charge in [0.2, 0.25) is 0 Å². The number of carboxylic acids is 1. The molecule has 0 bridgehead atoms. The van der Waals surface area contributed by atoms with Crippen molar-refractivity contribution < 1.29 is 28.6 Å². The van der Waals surface area contributed by atoms with Gasteiger partial charge in [-0.25, -0.2) is 14.0 Å². The first-order valence-corrected chi connectivity index (χ1v) is 9.23. The number of amides is 1. The van der Waals surface area contributed by atoms with Gasteiger partial charge in [0.05, 0.1) is 18.4 Å². The van der Waals surface area contributed by atoms with Crippen molar-refractivity contribution in [1.29, 1.82) is 0 Å². The first kappa shape index (κ1) is 19.4. The van der Waals surface area contributed by atoms with E-state index in [2.05, 4.69) is 5.32 Å². The first-order chi connectivity index (χ1) is 14.5. The zero-order chi connectivity index (χ0) is 21.3. The number of rotatable bonds is 5. The van der Waals surface area contributed by atoms with Crippen LogP contribution in [-0.4, -0.2) is 30.9 Å². The lowest BCUT2D eigenvalue weighted by Gasteiger charge is -2.16. The Morgan fingerprint density at radius 1 is 1.00 bits per heavy atom. The van der Waals surface area contributed by atoms with Gasteiger partial charge in [-0.3, -0.25) is 5.32 Å². The number of hydrogen-bond donors (Lipinski definition) is 2. The van der Waals surface area contributed by atoms with Crippen LogP contribution >= 0.6 is 0 Å². The molecule has 2 N–H and O–H groups in total. The molecule has 0 fully saturated rings. The Bertz CT molecular complexity index is 1100. The normalized spacial score (nSPS) is 12.1. The van der Waals surface area contributed by atoms with Gasteiger partial charge in [0.1, 0.15) is 6.61 Å². The fraction of sp³-hybridized carbons (Fsp3) is 0.130. The summed E-state index contributed by atoms with van der Waals surface area (Å²) in [6.07, 6.45) is -0.794. The molecule has 4 rings (SSSR count). The highest BCUT2D eigenvalue weighted by Crippen LogP contribution is 2.44. The predicted molar refractivity (Wildman–Crippen MR) is 109 cm³/mol. The van der Waals surface area contributed by atoms with E-state index in [9.17, 15) is 14.0 Å². The van der Waals surface area contributed by atoms with Crippen molar-refractivity contribution in [2.24, 2.45) is 0 Å². The Balaban J connectivity index is 1.51. The average Bonchev–Trinajstić information content (AvgIpc) is 3.06. The number of anilines is 1. The van der Waals surface area contributed by atoms with Gasteiger partial charge < -0.3 is 14.6 Å². The van der Waals surface area contributed by atoms with Crippen LogP contribution in [0.15, 0.2) is 60.7 Å². The maximum absolute atomic E-state index is 14.3. The highest BCUT2D eigenvalue weighted by Gasteiger charge is 2.29. The van der Waals surface area contributed by atoms with E-state index in [1.165, 1.54) is 13.2 Å². The highest BCUT2D eigenvalue weighted by atomic mass is 19.1. The third kappa shape index (κ3) is 3.34. The molecule has 0 unspecified atom stereocenters. The molecule has 1 aliphatic rings. The van der Waals surface area contributed by atoms with E-state index in [-0.39, 0.29) is 24.0 Å². The summed E-state index contributed by atoms with van der Waals surface area (Å²) < 4.78 is 24.6. The fourth-order valence-corrected chi connectivity index (χ4v) is 3.76. The van der Waals surface area contributed by atoms with Gasteiger partial charge in [-0.1, -0.05) is 48.5 Å². The number of carbonyl (C=O) groups is 2. The molecule has 0 atom stereocenters. The summed E-state index contributed by atoms with van der Waals surface area (Å²) in [6, 6.07) is 18.2. The third-order valence-electron chi connectivity index (χ3n) is 5.11. The van der Waals surface area contributed by atoms with Crippen molar-refractivity contribution in [3.63, 3.8) is 0 Å². The van der Waals surface area contributed by atoms with Crippen LogP contribution < -0.4 is 10.1 Å². The van der Waals surface area contributed by atoms with Crippen molar-refractivity contribution in [1.82, 2.24) is 0 Å². The van der Waals surface area contributed by atoms with E-state index in [1.807, 2.05) is 48.5 Å². The Kier molecular flexibility index (Phi) is 5.10. The molecule has 152 valence electrons. The van der Waals surface area contributed by atoms with Crippen molar-refractivity contribution in [2.75, 3.05) is 19.0 Å². The maximum Gasteiger partial charge on any atom is 0.411 e. The number of hydrogen-bond acceptors (Lipinski definition) is 4. The van der Waals surface area contributed by atoms with Crippen molar-refractivity contribution in [3.05, 3.63) is 83.2 Å². The molecule has 0 saturated heterocycles. The second kappa shape index (κ2) is 7.87. The summed E-state index contributed by atoms with van der Waals surface area (Å²) in [5.41, 5.74) is 3.79. The summed E-state index contributed by atoms with van der Waals surface area (Å²) in [5, 5.41) is 11.4. The number of benzene rings is 3. The highest BCUT2D eigenvalue weighted by molar-refractivity contribution is 5.92. The second-order valence-corrected chi connectivity index (χ2v) is 6.76. The number of aromatic carboxylic acids is 1. The van der Waals surface area contributed by atoms with Crippen molar-refractivity contribution in [2.45, 2.75) is 5.92 Å². The third-order valence-corrected chi connectivity index (χ3v) is 5.11. The minimum absolute atomic E-state index is 0.0165. The van der Waals surface area contributed by atoms with Crippen LogP contribution in [0.5, 0.6) is 5.75 Å².